The molecule has 3 aromatic rings. The van der Waals surface area contributed by atoms with E-state index in [1.54, 1.807) is 11.3 Å². The number of thiazole rings is 1. The molecule has 25 heavy (non-hydrogen) atoms. The minimum atomic E-state index is -0.205. The highest BCUT2D eigenvalue weighted by Gasteiger charge is 2.36. The molecule has 1 aliphatic rings. The molecular formula is C16H20N5O2S2+. The van der Waals surface area contributed by atoms with Crippen molar-refractivity contribution in [1.29, 1.82) is 0 Å². The molecule has 1 fully saturated rings. The maximum Gasteiger partial charge on any atom is 0.235 e. The van der Waals surface area contributed by atoms with Gasteiger partial charge in [0, 0.05) is 18.8 Å². The van der Waals surface area contributed by atoms with Crippen molar-refractivity contribution in [1.82, 2.24) is 14.6 Å². The summed E-state index contributed by atoms with van der Waals surface area (Å²) < 4.78 is 1.52. The minimum absolute atomic E-state index is 0.0302. The summed E-state index contributed by atoms with van der Waals surface area (Å²) in [6, 6.07) is 4.16. The second-order valence-electron chi connectivity index (χ2n) is 6.43. The van der Waals surface area contributed by atoms with Crippen LogP contribution < -0.4 is 10.6 Å². The lowest BCUT2D eigenvalue weighted by molar-refractivity contribution is -0.930. The number of quaternary nitrogens is 1. The Hall–Kier alpha value is -1.97. The molecule has 0 unspecified atom stereocenters. The Balaban J connectivity index is 1.70. The van der Waals surface area contributed by atoms with Crippen LogP contribution in [0.4, 0.5) is 0 Å². The average molecular weight is 379 g/mol. The third kappa shape index (κ3) is 2.92. The van der Waals surface area contributed by atoms with E-state index in [-0.39, 0.29) is 23.7 Å². The van der Waals surface area contributed by atoms with Crippen LogP contribution >= 0.6 is 22.7 Å². The molecule has 4 rings (SSSR count). The fraction of sp³-hybridized carbons (Fsp3) is 0.438. The Morgan fingerprint density at radius 1 is 1.48 bits per heavy atom. The van der Waals surface area contributed by atoms with Crippen LogP contribution in [0.5, 0.6) is 5.88 Å². The van der Waals surface area contributed by atoms with E-state index in [4.69, 9.17) is 5.73 Å². The van der Waals surface area contributed by atoms with Crippen molar-refractivity contribution in [3.8, 4) is 5.88 Å². The molecule has 4 heterocycles. The van der Waals surface area contributed by atoms with E-state index in [1.165, 1.54) is 25.6 Å². The molecule has 7 nitrogen and oxygen atoms in total. The van der Waals surface area contributed by atoms with Crippen LogP contribution in [0, 0.1) is 12.8 Å². The topological polar surface area (TPSA) is 98.0 Å². The van der Waals surface area contributed by atoms with Crippen molar-refractivity contribution < 1.29 is 14.8 Å². The molecule has 3 aromatic heterocycles. The molecule has 0 aliphatic carbocycles. The zero-order valence-corrected chi connectivity index (χ0v) is 15.4. The van der Waals surface area contributed by atoms with E-state index in [2.05, 4.69) is 21.5 Å². The monoisotopic (exact) mass is 378 g/mol. The van der Waals surface area contributed by atoms with E-state index < -0.39 is 0 Å². The maximum atomic E-state index is 11.5. The number of primary amides is 1. The Bertz CT molecular complexity index is 893. The predicted molar refractivity (Wildman–Crippen MR) is 96.0 cm³/mol. The van der Waals surface area contributed by atoms with Crippen molar-refractivity contribution in [2.45, 2.75) is 25.8 Å². The quantitative estimate of drug-likeness (QED) is 0.624. The normalized spacial score (nSPS) is 22.3. The number of amides is 1. The number of fused-ring (bicyclic) bond motifs is 1. The van der Waals surface area contributed by atoms with E-state index >= 15 is 0 Å². The van der Waals surface area contributed by atoms with Gasteiger partial charge in [-0.3, -0.25) is 4.79 Å². The Morgan fingerprint density at radius 3 is 2.84 bits per heavy atom. The smallest absolute Gasteiger partial charge is 0.235 e. The maximum absolute atomic E-state index is 11.5. The highest BCUT2D eigenvalue weighted by atomic mass is 32.1. The lowest BCUT2D eigenvalue weighted by Gasteiger charge is -2.32. The highest BCUT2D eigenvalue weighted by molar-refractivity contribution is 7.17. The number of rotatable bonds is 4. The van der Waals surface area contributed by atoms with Crippen molar-refractivity contribution in [2.24, 2.45) is 11.7 Å². The van der Waals surface area contributed by atoms with Crippen LogP contribution in [-0.4, -0.2) is 38.7 Å². The number of nitrogens with zero attached hydrogens (tertiary/aromatic N) is 3. The van der Waals surface area contributed by atoms with Crippen LogP contribution in [0.1, 0.15) is 34.5 Å². The fourth-order valence-corrected chi connectivity index (χ4v) is 5.71. The van der Waals surface area contributed by atoms with Gasteiger partial charge in [0.25, 0.3) is 0 Å². The van der Waals surface area contributed by atoms with Gasteiger partial charge in [0.1, 0.15) is 10.7 Å². The van der Waals surface area contributed by atoms with E-state index in [0.29, 0.717) is 10.8 Å². The van der Waals surface area contributed by atoms with E-state index in [1.807, 2.05) is 13.0 Å². The van der Waals surface area contributed by atoms with Gasteiger partial charge in [0.2, 0.25) is 16.7 Å². The number of nitrogens with two attached hydrogens (primary N) is 1. The molecule has 0 spiro atoms. The standard InChI is InChI=1S/C16H19N5O2S2/c1-9-18-16-21(19-9)15(23)13(25-16)12(11-3-2-8-24-11)20-6-4-10(5-7-20)14(17)22/h2-3,8,10,12,23H,4-7H2,1H3,(H2,17,22)/p+1/t12-/m0/s1. The van der Waals surface area contributed by atoms with Gasteiger partial charge in [-0.2, -0.15) is 4.52 Å². The highest BCUT2D eigenvalue weighted by Crippen LogP contribution is 2.36. The zero-order valence-electron chi connectivity index (χ0n) is 13.8. The molecule has 0 aromatic carbocycles. The number of nitrogens with one attached hydrogen (secondary N) is 1. The average Bonchev–Trinajstić information content (AvgIpc) is 3.29. The minimum Gasteiger partial charge on any atom is -0.492 e. The number of hydrogen-bond acceptors (Lipinski definition) is 6. The van der Waals surface area contributed by atoms with Crippen LogP contribution in [0.2, 0.25) is 0 Å². The van der Waals surface area contributed by atoms with E-state index in [0.717, 1.165) is 30.8 Å². The molecule has 0 radical (unpaired) electrons. The molecule has 9 heteroatoms. The first kappa shape index (κ1) is 16.5. The van der Waals surface area contributed by atoms with Gasteiger partial charge in [-0.1, -0.05) is 17.4 Å². The molecule has 1 aliphatic heterocycles. The summed E-state index contributed by atoms with van der Waals surface area (Å²) in [7, 11) is 0. The second kappa shape index (κ2) is 6.40. The molecule has 1 atom stereocenters. The van der Waals surface area contributed by atoms with Gasteiger partial charge in [-0.05, 0) is 18.4 Å². The van der Waals surface area contributed by atoms with Gasteiger partial charge in [0.05, 0.1) is 18.0 Å². The van der Waals surface area contributed by atoms with Crippen molar-refractivity contribution in [3.63, 3.8) is 0 Å². The molecule has 132 valence electrons. The number of likely N-dealkylation sites (tertiary alicyclic amines) is 1. The number of piperidine rings is 1. The number of thiophene rings is 1. The molecule has 0 saturated carbocycles. The fourth-order valence-electron chi connectivity index (χ4n) is 3.57. The van der Waals surface area contributed by atoms with Gasteiger partial charge in [0.15, 0.2) is 6.04 Å². The summed E-state index contributed by atoms with van der Waals surface area (Å²) in [4.78, 5) is 20.0. The molecule has 1 amide bonds. The number of aromatic nitrogens is 3. The Morgan fingerprint density at radius 2 is 2.24 bits per heavy atom. The van der Waals surface area contributed by atoms with Crippen LogP contribution in [-0.2, 0) is 4.79 Å². The predicted octanol–water partition coefficient (Wildman–Crippen LogP) is 0.736. The van der Waals surface area contributed by atoms with Gasteiger partial charge < -0.3 is 15.7 Å². The zero-order chi connectivity index (χ0) is 17.6. The molecule has 1 saturated heterocycles. The summed E-state index contributed by atoms with van der Waals surface area (Å²) in [6.45, 7) is 3.51. The molecule has 4 N–H and O–H groups in total. The van der Waals surface area contributed by atoms with Crippen LogP contribution in [0.15, 0.2) is 17.5 Å². The van der Waals surface area contributed by atoms with Crippen molar-refractivity contribution >= 4 is 33.5 Å². The van der Waals surface area contributed by atoms with E-state index in [9.17, 15) is 9.90 Å². The molecule has 0 bridgehead atoms. The number of aryl methyl sites for hydroxylation is 1. The van der Waals surface area contributed by atoms with Gasteiger partial charge in [-0.15, -0.1) is 16.4 Å². The molecular weight excluding hydrogens is 358 g/mol. The van der Waals surface area contributed by atoms with Crippen LogP contribution in [0.25, 0.3) is 4.96 Å². The first-order valence-corrected chi connectivity index (χ1v) is 9.96. The Labute approximate surface area is 152 Å². The SMILES string of the molecule is Cc1nc2sc([C@H](c3cccs3)[NH+]3CCC(C(N)=O)CC3)c(O)n2n1. The largest absolute Gasteiger partial charge is 0.492 e. The summed E-state index contributed by atoms with van der Waals surface area (Å²) in [5.74, 6) is 0.578. The van der Waals surface area contributed by atoms with Gasteiger partial charge >= 0.3 is 0 Å². The number of carbonyl (C=O) groups is 1. The third-order valence-electron chi connectivity index (χ3n) is 4.83. The van der Waals surface area contributed by atoms with Gasteiger partial charge in [-0.25, -0.2) is 4.98 Å². The number of carbonyl (C=O) groups excluding carboxylic acids is 1. The summed E-state index contributed by atoms with van der Waals surface area (Å²) in [6.07, 6.45) is 1.57. The summed E-state index contributed by atoms with van der Waals surface area (Å²) >= 11 is 3.17. The third-order valence-corrected chi connectivity index (χ3v) is 6.86. The lowest BCUT2D eigenvalue weighted by atomic mass is 9.94. The summed E-state index contributed by atoms with van der Waals surface area (Å²) in [5.41, 5.74) is 5.47. The van der Waals surface area contributed by atoms with Crippen LogP contribution in [0.3, 0.4) is 0 Å². The second-order valence-corrected chi connectivity index (χ2v) is 8.42. The Kier molecular flexibility index (Phi) is 4.22. The lowest BCUT2D eigenvalue weighted by Crippen LogP contribution is -3.13. The summed E-state index contributed by atoms with van der Waals surface area (Å²) in [5, 5.41) is 17.1. The first-order valence-electron chi connectivity index (χ1n) is 8.27. The van der Waals surface area contributed by atoms with Crippen molar-refractivity contribution in [3.05, 3.63) is 33.1 Å². The number of aromatic hydroxyl groups is 1. The van der Waals surface area contributed by atoms with Crippen molar-refractivity contribution in [2.75, 3.05) is 13.1 Å². The first-order chi connectivity index (χ1) is 12.0. The number of hydrogen-bond donors (Lipinski definition) is 3.